The normalized spacial score (nSPS) is 13.7. The van der Waals surface area contributed by atoms with Crippen molar-refractivity contribution in [2.24, 2.45) is 0 Å². The number of nitrogens with zero attached hydrogens (tertiary/aromatic N) is 5. The molecule has 130 valence electrons. The molecule has 0 atom stereocenters. The highest BCUT2D eigenvalue weighted by atomic mass is 32.1. The van der Waals surface area contributed by atoms with Crippen LogP contribution in [-0.2, 0) is 19.3 Å². The van der Waals surface area contributed by atoms with Gasteiger partial charge in [-0.2, -0.15) is 5.10 Å². The number of anilines is 1. The van der Waals surface area contributed by atoms with Crippen LogP contribution in [-0.4, -0.2) is 31.3 Å². The summed E-state index contributed by atoms with van der Waals surface area (Å²) in [6.07, 6.45) is 9.35. The van der Waals surface area contributed by atoms with Crippen LogP contribution in [0.4, 0.5) is 5.82 Å². The monoisotopic (exact) mass is 354 g/mol. The summed E-state index contributed by atoms with van der Waals surface area (Å²) in [6, 6.07) is 2.03. The second-order valence-electron chi connectivity index (χ2n) is 6.46. The molecule has 0 unspecified atom stereocenters. The molecule has 0 radical (unpaired) electrons. The van der Waals surface area contributed by atoms with Gasteiger partial charge in [-0.15, -0.1) is 11.3 Å². The Kier molecular flexibility index (Phi) is 4.48. The van der Waals surface area contributed by atoms with Gasteiger partial charge in [0.15, 0.2) is 5.82 Å². The van der Waals surface area contributed by atoms with Gasteiger partial charge < -0.3 is 5.32 Å². The maximum absolute atomic E-state index is 4.79. The third-order valence-corrected chi connectivity index (χ3v) is 5.60. The molecule has 7 heteroatoms. The molecule has 6 nitrogen and oxygen atoms in total. The number of rotatable bonds is 5. The van der Waals surface area contributed by atoms with E-state index in [0.717, 1.165) is 42.4 Å². The number of aromatic nitrogens is 5. The van der Waals surface area contributed by atoms with Crippen LogP contribution in [0.25, 0.3) is 5.82 Å². The Bertz CT molecular complexity index is 858. The van der Waals surface area contributed by atoms with E-state index in [1.807, 2.05) is 35.9 Å². The average molecular weight is 354 g/mol. The number of aryl methyl sites for hydroxylation is 4. The summed E-state index contributed by atoms with van der Waals surface area (Å²) in [5, 5.41) is 9.05. The summed E-state index contributed by atoms with van der Waals surface area (Å²) in [6.45, 7) is 4.81. The zero-order valence-corrected chi connectivity index (χ0v) is 15.4. The Labute approximate surface area is 151 Å². The molecule has 0 aliphatic heterocycles. The highest BCUT2D eigenvalue weighted by molar-refractivity contribution is 7.11. The van der Waals surface area contributed by atoms with Gasteiger partial charge in [0.05, 0.1) is 28.8 Å². The van der Waals surface area contributed by atoms with E-state index >= 15 is 0 Å². The van der Waals surface area contributed by atoms with Gasteiger partial charge in [0.2, 0.25) is 0 Å². The molecule has 1 aliphatic carbocycles. The molecular weight excluding hydrogens is 332 g/mol. The van der Waals surface area contributed by atoms with Crippen LogP contribution in [0.15, 0.2) is 18.5 Å². The van der Waals surface area contributed by atoms with Crippen LogP contribution < -0.4 is 5.32 Å². The fraction of sp³-hybridized carbons (Fsp3) is 0.444. The predicted octanol–water partition coefficient (Wildman–Crippen LogP) is 3.27. The first-order valence-electron chi connectivity index (χ1n) is 8.76. The molecule has 0 spiro atoms. The van der Waals surface area contributed by atoms with E-state index in [1.54, 1.807) is 12.4 Å². The van der Waals surface area contributed by atoms with E-state index in [9.17, 15) is 0 Å². The lowest BCUT2D eigenvalue weighted by molar-refractivity contribution is 0.680. The third kappa shape index (κ3) is 3.56. The standard InChI is InChI=1S/C18H22N6S/c1-12-9-13(2)24(23-12)17-11-19-10-16(22-17)20-8-7-18-21-14-5-3-4-6-15(14)25-18/h9-11H,3-8H2,1-2H3,(H,20,22). The van der Waals surface area contributed by atoms with E-state index in [2.05, 4.69) is 20.4 Å². The first-order valence-corrected chi connectivity index (χ1v) is 9.58. The molecule has 3 aromatic rings. The first kappa shape index (κ1) is 16.2. The highest BCUT2D eigenvalue weighted by Gasteiger charge is 2.14. The van der Waals surface area contributed by atoms with E-state index in [1.165, 1.54) is 34.8 Å². The van der Waals surface area contributed by atoms with Crippen molar-refractivity contribution in [1.29, 1.82) is 0 Å². The summed E-state index contributed by atoms with van der Waals surface area (Å²) < 4.78 is 1.82. The number of fused-ring (bicyclic) bond motifs is 1. The second kappa shape index (κ2) is 6.92. The molecule has 0 saturated heterocycles. The minimum absolute atomic E-state index is 0.736. The Morgan fingerprint density at radius 1 is 1.16 bits per heavy atom. The van der Waals surface area contributed by atoms with E-state index < -0.39 is 0 Å². The van der Waals surface area contributed by atoms with Crippen molar-refractivity contribution in [3.8, 4) is 5.82 Å². The van der Waals surface area contributed by atoms with Gasteiger partial charge in [-0.1, -0.05) is 0 Å². The van der Waals surface area contributed by atoms with Gasteiger partial charge >= 0.3 is 0 Å². The molecular formula is C18H22N6S. The Morgan fingerprint density at radius 3 is 2.84 bits per heavy atom. The lowest BCUT2D eigenvalue weighted by atomic mass is 10.0. The third-order valence-electron chi connectivity index (χ3n) is 4.38. The van der Waals surface area contributed by atoms with Gasteiger partial charge in [-0.05, 0) is 45.6 Å². The van der Waals surface area contributed by atoms with Crippen LogP contribution in [0.2, 0.25) is 0 Å². The number of nitrogens with one attached hydrogen (secondary N) is 1. The molecule has 0 saturated carbocycles. The number of thiazole rings is 1. The molecule has 3 aromatic heterocycles. The minimum Gasteiger partial charge on any atom is -0.368 e. The summed E-state index contributed by atoms with van der Waals surface area (Å²) in [5.74, 6) is 1.51. The lowest BCUT2D eigenvalue weighted by Gasteiger charge is -2.07. The predicted molar refractivity (Wildman–Crippen MR) is 99.6 cm³/mol. The van der Waals surface area contributed by atoms with Crippen molar-refractivity contribution in [3.63, 3.8) is 0 Å². The fourth-order valence-electron chi connectivity index (χ4n) is 3.21. The second-order valence-corrected chi connectivity index (χ2v) is 7.63. The Balaban J connectivity index is 1.40. The van der Waals surface area contributed by atoms with Crippen molar-refractivity contribution in [1.82, 2.24) is 24.7 Å². The maximum atomic E-state index is 4.79. The van der Waals surface area contributed by atoms with E-state index in [-0.39, 0.29) is 0 Å². The van der Waals surface area contributed by atoms with Crippen LogP contribution in [0.3, 0.4) is 0 Å². The van der Waals surface area contributed by atoms with Crippen LogP contribution in [0.1, 0.15) is 39.8 Å². The molecule has 0 aromatic carbocycles. The Morgan fingerprint density at radius 2 is 2.04 bits per heavy atom. The molecule has 25 heavy (non-hydrogen) atoms. The van der Waals surface area contributed by atoms with Gasteiger partial charge in [-0.3, -0.25) is 4.98 Å². The van der Waals surface area contributed by atoms with Crippen molar-refractivity contribution < 1.29 is 0 Å². The number of hydrogen-bond acceptors (Lipinski definition) is 6. The molecule has 3 heterocycles. The molecule has 4 rings (SSSR count). The van der Waals surface area contributed by atoms with Crippen molar-refractivity contribution in [2.45, 2.75) is 46.0 Å². The van der Waals surface area contributed by atoms with E-state index in [0.29, 0.717) is 0 Å². The zero-order chi connectivity index (χ0) is 17.2. The van der Waals surface area contributed by atoms with Gasteiger partial charge in [0.25, 0.3) is 0 Å². The van der Waals surface area contributed by atoms with E-state index in [4.69, 9.17) is 4.98 Å². The van der Waals surface area contributed by atoms with Gasteiger partial charge in [0, 0.05) is 23.5 Å². The molecule has 1 N–H and O–H groups in total. The fourth-order valence-corrected chi connectivity index (χ4v) is 4.37. The van der Waals surface area contributed by atoms with Crippen molar-refractivity contribution in [3.05, 3.63) is 45.4 Å². The lowest BCUT2D eigenvalue weighted by Crippen LogP contribution is -2.09. The maximum Gasteiger partial charge on any atom is 0.174 e. The average Bonchev–Trinajstić information content (AvgIpc) is 3.17. The van der Waals surface area contributed by atoms with Crippen LogP contribution in [0, 0.1) is 13.8 Å². The van der Waals surface area contributed by atoms with Gasteiger partial charge in [0.1, 0.15) is 5.82 Å². The minimum atomic E-state index is 0.736. The zero-order valence-electron chi connectivity index (χ0n) is 14.6. The summed E-state index contributed by atoms with van der Waals surface area (Å²) in [4.78, 5) is 15.2. The van der Waals surface area contributed by atoms with Crippen LogP contribution in [0.5, 0.6) is 0 Å². The van der Waals surface area contributed by atoms with Gasteiger partial charge in [-0.25, -0.2) is 14.6 Å². The summed E-state index contributed by atoms with van der Waals surface area (Å²) in [5.41, 5.74) is 3.36. The van der Waals surface area contributed by atoms with Crippen molar-refractivity contribution in [2.75, 3.05) is 11.9 Å². The molecule has 1 aliphatic rings. The largest absolute Gasteiger partial charge is 0.368 e. The summed E-state index contributed by atoms with van der Waals surface area (Å²) in [7, 11) is 0. The smallest absolute Gasteiger partial charge is 0.174 e. The SMILES string of the molecule is Cc1cc(C)n(-c2cncc(NCCc3nc4c(s3)CCCC4)n2)n1. The number of hydrogen-bond donors (Lipinski definition) is 1. The first-order chi connectivity index (χ1) is 12.2. The molecule has 0 amide bonds. The quantitative estimate of drug-likeness (QED) is 0.761. The topological polar surface area (TPSA) is 68.5 Å². The van der Waals surface area contributed by atoms with Crippen molar-refractivity contribution >= 4 is 17.2 Å². The molecule has 0 bridgehead atoms. The molecule has 0 fully saturated rings. The Hall–Kier alpha value is -2.28. The highest BCUT2D eigenvalue weighted by Crippen LogP contribution is 2.26. The summed E-state index contributed by atoms with van der Waals surface area (Å²) >= 11 is 1.87. The van der Waals surface area contributed by atoms with Crippen LogP contribution >= 0.6 is 11.3 Å².